The number of alkyl carbamates (subject to hydrolysis) is 1. The predicted octanol–water partition coefficient (Wildman–Crippen LogP) is 4.57. The van der Waals surface area contributed by atoms with Crippen LogP contribution in [0.5, 0.6) is 5.75 Å². The van der Waals surface area contributed by atoms with E-state index in [1.165, 1.54) is 12.1 Å². The zero-order valence-electron chi connectivity index (χ0n) is 19.3. The monoisotopic (exact) mass is 505 g/mol. The number of amides is 1. The second-order valence-corrected chi connectivity index (χ2v) is 10.9. The molecule has 0 bridgehead atoms. The number of rotatable bonds is 4. The molecule has 1 aliphatic heterocycles. The van der Waals surface area contributed by atoms with Crippen LogP contribution in [0.1, 0.15) is 40.2 Å². The van der Waals surface area contributed by atoms with Crippen LogP contribution >= 0.6 is 0 Å². The Bertz CT molecular complexity index is 1180. The molecule has 0 aromatic heterocycles. The molecule has 8 nitrogen and oxygen atoms in total. The van der Waals surface area contributed by atoms with Crippen LogP contribution in [-0.4, -0.2) is 44.6 Å². The first kappa shape index (κ1) is 26.0. The number of hydrogen-bond donors (Lipinski definition) is 1. The third-order valence-corrected chi connectivity index (χ3v) is 5.91. The lowest BCUT2D eigenvalue weighted by molar-refractivity contribution is -0.272. The Kier molecular flexibility index (Phi) is 6.57. The van der Waals surface area contributed by atoms with Crippen LogP contribution in [0, 0.1) is 0 Å². The van der Waals surface area contributed by atoms with Crippen LogP contribution in [0.3, 0.4) is 0 Å². The second-order valence-electron chi connectivity index (χ2n) is 9.39. The Balaban J connectivity index is 1.95. The van der Waals surface area contributed by atoms with Gasteiger partial charge in [-0.1, -0.05) is 18.2 Å². The van der Waals surface area contributed by atoms with Gasteiger partial charge in [-0.3, -0.25) is 0 Å². The average molecular weight is 506 g/mol. The summed E-state index contributed by atoms with van der Waals surface area (Å²) in [6, 6.07) is 8.59. The molecule has 3 rings (SSSR count). The summed E-state index contributed by atoms with van der Waals surface area (Å²) < 4.78 is 81.6. The molecule has 0 aliphatic carbocycles. The van der Waals surface area contributed by atoms with Crippen molar-refractivity contribution >= 4 is 27.0 Å². The molecule has 0 atom stereocenters. The van der Waals surface area contributed by atoms with E-state index in [1.807, 2.05) is 0 Å². The Labute approximate surface area is 195 Å². The van der Waals surface area contributed by atoms with Crippen molar-refractivity contribution in [3.05, 3.63) is 42.0 Å². The van der Waals surface area contributed by atoms with Crippen molar-refractivity contribution in [3.8, 4) is 5.75 Å². The minimum atomic E-state index is -5.79. The van der Waals surface area contributed by atoms with Gasteiger partial charge in [0.25, 0.3) is 0 Å². The highest BCUT2D eigenvalue weighted by Crippen LogP contribution is 2.35. The molecule has 12 heteroatoms. The van der Waals surface area contributed by atoms with E-state index < -0.39 is 44.4 Å². The van der Waals surface area contributed by atoms with Crippen LogP contribution in [0.25, 0.3) is 10.8 Å². The van der Waals surface area contributed by atoms with Gasteiger partial charge in [0.05, 0.1) is 13.2 Å². The molecule has 1 N–H and O–H groups in total. The minimum absolute atomic E-state index is 0.0652. The average Bonchev–Trinajstić information content (AvgIpc) is 2.67. The molecular formula is C22H26F3NO7S. The first-order valence-electron chi connectivity index (χ1n) is 10.3. The zero-order valence-corrected chi connectivity index (χ0v) is 20.1. The fourth-order valence-electron chi connectivity index (χ4n) is 3.23. The van der Waals surface area contributed by atoms with Crippen molar-refractivity contribution in [3.63, 3.8) is 0 Å². The normalized spacial score (nSPS) is 18.4. The van der Waals surface area contributed by atoms with Gasteiger partial charge in [-0.25, -0.2) is 4.79 Å². The summed E-state index contributed by atoms with van der Waals surface area (Å²) in [5, 5.41) is 3.81. The number of carbonyl (C=O) groups excluding carboxylic acids is 1. The van der Waals surface area contributed by atoms with E-state index in [9.17, 15) is 26.4 Å². The van der Waals surface area contributed by atoms with Gasteiger partial charge < -0.3 is 23.7 Å². The molecule has 1 fully saturated rings. The number of ether oxygens (including phenoxy) is 3. The van der Waals surface area contributed by atoms with Gasteiger partial charge in [-0.15, -0.1) is 0 Å². The molecule has 0 spiro atoms. The Morgan fingerprint density at radius 1 is 1.00 bits per heavy atom. The largest absolute Gasteiger partial charge is 0.534 e. The van der Waals surface area contributed by atoms with E-state index in [0.29, 0.717) is 16.3 Å². The maximum Gasteiger partial charge on any atom is 0.534 e. The van der Waals surface area contributed by atoms with Gasteiger partial charge >= 0.3 is 21.7 Å². The summed E-state index contributed by atoms with van der Waals surface area (Å²) in [6.45, 7) is 8.79. The fourth-order valence-corrected chi connectivity index (χ4v) is 3.69. The molecule has 1 heterocycles. The zero-order chi connectivity index (χ0) is 25.6. The molecule has 0 radical (unpaired) electrons. The van der Waals surface area contributed by atoms with Gasteiger partial charge in [-0.05, 0) is 69.2 Å². The van der Waals surface area contributed by atoms with Crippen LogP contribution in [0.15, 0.2) is 36.4 Å². The van der Waals surface area contributed by atoms with Crippen LogP contribution in [-0.2, 0) is 29.9 Å². The van der Waals surface area contributed by atoms with E-state index >= 15 is 0 Å². The van der Waals surface area contributed by atoms with Crippen LogP contribution in [0.4, 0.5) is 18.0 Å². The summed E-state index contributed by atoms with van der Waals surface area (Å²) in [5.74, 6) is -1.35. The van der Waals surface area contributed by atoms with Gasteiger partial charge in [0.2, 0.25) is 0 Å². The molecule has 34 heavy (non-hydrogen) atoms. The van der Waals surface area contributed by atoms with Crippen molar-refractivity contribution in [1.82, 2.24) is 5.32 Å². The van der Waals surface area contributed by atoms with Gasteiger partial charge in [0.15, 0.2) is 5.79 Å². The highest BCUT2D eigenvalue weighted by molar-refractivity contribution is 7.88. The van der Waals surface area contributed by atoms with Crippen molar-refractivity contribution < 1.29 is 44.8 Å². The molecule has 1 amide bonds. The van der Waals surface area contributed by atoms with Gasteiger partial charge in [0.1, 0.15) is 16.9 Å². The predicted molar refractivity (Wildman–Crippen MR) is 117 cm³/mol. The molecule has 188 valence electrons. The highest BCUT2D eigenvalue weighted by atomic mass is 32.2. The summed E-state index contributed by atoms with van der Waals surface area (Å²) >= 11 is 0. The van der Waals surface area contributed by atoms with E-state index in [4.69, 9.17) is 14.2 Å². The summed E-state index contributed by atoms with van der Waals surface area (Å²) in [4.78, 5) is 12.6. The molecule has 2 aromatic carbocycles. The highest BCUT2D eigenvalue weighted by Gasteiger charge is 2.48. The summed E-state index contributed by atoms with van der Waals surface area (Å²) in [6.07, 6.45) is -0.680. The van der Waals surface area contributed by atoms with Crippen molar-refractivity contribution in [2.45, 2.75) is 57.1 Å². The van der Waals surface area contributed by atoms with E-state index in [-0.39, 0.29) is 13.2 Å². The second kappa shape index (κ2) is 8.58. The van der Waals surface area contributed by atoms with E-state index in [1.54, 1.807) is 52.8 Å². The Hall–Kier alpha value is -2.57. The lowest BCUT2D eigenvalue weighted by Crippen LogP contribution is -2.59. The lowest BCUT2D eigenvalue weighted by Gasteiger charge is -2.44. The van der Waals surface area contributed by atoms with E-state index in [2.05, 4.69) is 9.50 Å². The number of nitrogens with one attached hydrogen (secondary N) is 1. The van der Waals surface area contributed by atoms with Crippen molar-refractivity contribution in [1.29, 1.82) is 0 Å². The summed E-state index contributed by atoms with van der Waals surface area (Å²) in [5.41, 5.74) is -6.79. The lowest BCUT2D eigenvalue weighted by atomic mass is 9.88. The van der Waals surface area contributed by atoms with Crippen LogP contribution < -0.4 is 9.50 Å². The van der Waals surface area contributed by atoms with E-state index in [0.717, 1.165) is 6.07 Å². The first-order chi connectivity index (χ1) is 15.4. The SMILES string of the molecule is CC(C)(C)OC(=O)NC1(c2ccc3cc(OS(=O)(=O)C(F)(F)F)ccc3c2)COC(C)(C)OC1. The third kappa shape index (κ3) is 5.91. The maximum absolute atomic E-state index is 12.6. The van der Waals surface area contributed by atoms with Crippen LogP contribution in [0.2, 0.25) is 0 Å². The number of alkyl halides is 3. The van der Waals surface area contributed by atoms with Crippen molar-refractivity contribution in [2.75, 3.05) is 13.2 Å². The fraction of sp³-hybridized carbons (Fsp3) is 0.500. The third-order valence-electron chi connectivity index (χ3n) is 4.93. The molecule has 0 saturated carbocycles. The van der Waals surface area contributed by atoms with Gasteiger partial charge in [-0.2, -0.15) is 21.6 Å². The Morgan fingerprint density at radius 2 is 1.56 bits per heavy atom. The molecule has 1 aliphatic rings. The Morgan fingerprint density at radius 3 is 2.12 bits per heavy atom. The van der Waals surface area contributed by atoms with Gasteiger partial charge in [0, 0.05) is 0 Å². The summed E-state index contributed by atoms with van der Waals surface area (Å²) in [7, 11) is -5.79. The number of carbonyl (C=O) groups is 1. The first-order valence-corrected chi connectivity index (χ1v) is 11.7. The smallest absolute Gasteiger partial charge is 0.444 e. The topological polar surface area (TPSA) is 100 Å². The van der Waals surface area contributed by atoms with Crippen molar-refractivity contribution in [2.24, 2.45) is 0 Å². The number of hydrogen-bond acceptors (Lipinski definition) is 7. The molecule has 2 aromatic rings. The quantitative estimate of drug-likeness (QED) is 0.480. The number of halogens is 3. The standard InChI is InChI=1S/C22H26F3NO7S/c1-19(2,3)32-18(27)26-21(12-30-20(4,5)31-13-21)16-8-6-15-11-17(9-7-14(15)10-16)33-34(28,29)22(23,24)25/h6-11H,12-13H2,1-5H3,(H,26,27). The molecule has 0 unspecified atom stereocenters. The minimum Gasteiger partial charge on any atom is -0.444 e. The number of fused-ring (bicyclic) bond motifs is 1. The molecular weight excluding hydrogens is 479 g/mol. The number of benzene rings is 2. The maximum atomic E-state index is 12.6. The molecule has 1 saturated heterocycles.